The van der Waals surface area contributed by atoms with Crippen LogP contribution < -0.4 is 10.6 Å². The van der Waals surface area contributed by atoms with Crippen molar-refractivity contribution in [2.45, 2.75) is 13.5 Å². The summed E-state index contributed by atoms with van der Waals surface area (Å²) in [5, 5.41) is 6.78. The molecule has 0 aliphatic rings. The van der Waals surface area contributed by atoms with Crippen molar-refractivity contribution in [3.8, 4) is 0 Å². The number of carbonyl (C=O) groups is 1. The van der Waals surface area contributed by atoms with Gasteiger partial charge in [0.05, 0.1) is 21.9 Å². The van der Waals surface area contributed by atoms with Crippen molar-refractivity contribution in [3.05, 3.63) is 87.5 Å². The van der Waals surface area contributed by atoms with Gasteiger partial charge in [-0.3, -0.25) is 4.79 Å². The summed E-state index contributed by atoms with van der Waals surface area (Å²) in [5.41, 5.74) is 3.44. The van der Waals surface area contributed by atoms with E-state index < -0.39 is 0 Å². The number of halogens is 2. The van der Waals surface area contributed by atoms with Gasteiger partial charge in [0, 0.05) is 12.1 Å². The number of nitrogens with zero attached hydrogens (tertiary/aromatic N) is 1. The van der Waals surface area contributed by atoms with E-state index >= 15 is 0 Å². The van der Waals surface area contributed by atoms with Crippen molar-refractivity contribution in [2.24, 2.45) is 0 Å². The first-order valence-electron chi connectivity index (χ1n) is 8.03. The van der Waals surface area contributed by atoms with E-state index in [0.717, 1.165) is 5.82 Å². The topological polar surface area (TPSA) is 54.0 Å². The van der Waals surface area contributed by atoms with Crippen LogP contribution in [0.5, 0.6) is 0 Å². The van der Waals surface area contributed by atoms with Crippen molar-refractivity contribution in [1.82, 2.24) is 4.98 Å². The molecule has 1 heterocycles. The molecule has 3 aromatic rings. The highest BCUT2D eigenvalue weighted by molar-refractivity contribution is 6.42. The van der Waals surface area contributed by atoms with Gasteiger partial charge in [0.25, 0.3) is 5.91 Å². The van der Waals surface area contributed by atoms with Crippen LogP contribution in [0.2, 0.25) is 10.0 Å². The molecule has 132 valence electrons. The van der Waals surface area contributed by atoms with Crippen molar-refractivity contribution >= 4 is 40.6 Å². The van der Waals surface area contributed by atoms with E-state index in [1.165, 1.54) is 17.2 Å². The van der Waals surface area contributed by atoms with E-state index in [9.17, 15) is 4.79 Å². The van der Waals surface area contributed by atoms with E-state index in [2.05, 4.69) is 46.8 Å². The summed E-state index contributed by atoms with van der Waals surface area (Å²) < 4.78 is 0. The molecule has 1 amide bonds. The fourth-order valence-electron chi connectivity index (χ4n) is 2.31. The first kappa shape index (κ1) is 18.2. The molecule has 0 aliphatic heterocycles. The predicted octanol–water partition coefficient (Wildman–Crippen LogP) is 5.56. The highest BCUT2D eigenvalue weighted by Crippen LogP contribution is 2.23. The normalized spacial score (nSPS) is 10.4. The third-order valence-corrected chi connectivity index (χ3v) is 4.54. The van der Waals surface area contributed by atoms with Crippen molar-refractivity contribution in [3.63, 3.8) is 0 Å². The molecule has 0 unspecified atom stereocenters. The molecule has 0 radical (unpaired) electrons. The summed E-state index contributed by atoms with van der Waals surface area (Å²) in [5.74, 6) is 0.462. The molecule has 0 aliphatic carbocycles. The lowest BCUT2D eigenvalue weighted by atomic mass is 10.1. The second kappa shape index (κ2) is 8.21. The van der Waals surface area contributed by atoms with E-state index in [4.69, 9.17) is 23.2 Å². The second-order valence-corrected chi connectivity index (χ2v) is 6.67. The fraction of sp³-hybridized carbons (Fsp3) is 0.100. The van der Waals surface area contributed by atoms with Crippen LogP contribution in [0.25, 0.3) is 0 Å². The molecule has 0 spiro atoms. The molecule has 26 heavy (non-hydrogen) atoms. The summed E-state index contributed by atoms with van der Waals surface area (Å²) >= 11 is 11.8. The average Bonchev–Trinajstić information content (AvgIpc) is 2.64. The Morgan fingerprint density at radius 1 is 1.00 bits per heavy atom. The number of nitrogens with one attached hydrogen (secondary N) is 2. The van der Waals surface area contributed by atoms with Gasteiger partial charge in [0.2, 0.25) is 0 Å². The molecular weight excluding hydrogens is 369 g/mol. The molecule has 0 saturated heterocycles. The number of rotatable bonds is 5. The summed E-state index contributed by atoms with van der Waals surface area (Å²) in [6.07, 6.45) is 1.60. The Kier molecular flexibility index (Phi) is 5.76. The molecule has 0 atom stereocenters. The van der Waals surface area contributed by atoms with Gasteiger partial charge in [0.15, 0.2) is 0 Å². The summed E-state index contributed by atoms with van der Waals surface area (Å²) in [7, 11) is 0. The van der Waals surface area contributed by atoms with E-state index in [-0.39, 0.29) is 5.91 Å². The number of aryl methyl sites for hydroxylation is 1. The van der Waals surface area contributed by atoms with Crippen LogP contribution in [0.3, 0.4) is 0 Å². The maximum absolute atomic E-state index is 12.2. The van der Waals surface area contributed by atoms with Gasteiger partial charge < -0.3 is 10.6 Å². The second-order valence-electron chi connectivity index (χ2n) is 5.85. The van der Waals surface area contributed by atoms with Crippen LogP contribution in [0.15, 0.2) is 60.8 Å². The highest BCUT2D eigenvalue weighted by atomic mass is 35.5. The number of hydrogen-bond acceptors (Lipinski definition) is 3. The number of aromatic nitrogens is 1. The lowest BCUT2D eigenvalue weighted by Crippen LogP contribution is -2.12. The molecule has 1 aromatic heterocycles. The SMILES string of the molecule is Cc1ccc(CNc2ccc(NC(=O)c3ccc(Cl)c(Cl)c3)cn2)cc1. The monoisotopic (exact) mass is 385 g/mol. The van der Waals surface area contributed by atoms with Crippen molar-refractivity contribution in [1.29, 1.82) is 0 Å². The number of benzene rings is 2. The Morgan fingerprint density at radius 2 is 1.77 bits per heavy atom. The van der Waals surface area contributed by atoms with E-state index in [0.29, 0.717) is 27.8 Å². The number of pyridine rings is 1. The molecule has 3 rings (SSSR count). The predicted molar refractivity (Wildman–Crippen MR) is 107 cm³/mol. The molecule has 4 nitrogen and oxygen atoms in total. The summed E-state index contributed by atoms with van der Waals surface area (Å²) in [6.45, 7) is 2.74. The molecular formula is C20H17Cl2N3O. The van der Waals surface area contributed by atoms with Crippen molar-refractivity contribution < 1.29 is 4.79 Å². The fourth-order valence-corrected chi connectivity index (χ4v) is 2.61. The largest absolute Gasteiger partial charge is 0.366 e. The standard InChI is InChI=1S/C20H17Cl2N3O/c1-13-2-4-14(5-3-13)11-23-19-9-7-16(12-24-19)25-20(26)15-6-8-17(21)18(22)10-15/h2-10,12H,11H2,1H3,(H,23,24)(H,25,26). The van der Waals surface area contributed by atoms with E-state index in [1.54, 1.807) is 24.4 Å². The molecule has 0 saturated carbocycles. The smallest absolute Gasteiger partial charge is 0.255 e. The number of carbonyl (C=O) groups excluding carboxylic acids is 1. The lowest BCUT2D eigenvalue weighted by Gasteiger charge is -2.09. The Labute approximate surface area is 162 Å². The van der Waals surface area contributed by atoms with Gasteiger partial charge >= 0.3 is 0 Å². The Morgan fingerprint density at radius 3 is 2.42 bits per heavy atom. The quantitative estimate of drug-likeness (QED) is 0.604. The zero-order valence-corrected chi connectivity index (χ0v) is 15.6. The third-order valence-electron chi connectivity index (χ3n) is 3.80. The van der Waals surface area contributed by atoms with Gasteiger partial charge in [-0.2, -0.15) is 0 Å². The third kappa shape index (κ3) is 4.75. The first-order valence-corrected chi connectivity index (χ1v) is 8.79. The number of anilines is 2. The highest BCUT2D eigenvalue weighted by Gasteiger charge is 2.08. The molecule has 6 heteroatoms. The van der Waals surface area contributed by atoms with Crippen LogP contribution in [-0.4, -0.2) is 10.9 Å². The zero-order chi connectivity index (χ0) is 18.5. The van der Waals surface area contributed by atoms with Gasteiger partial charge in [-0.25, -0.2) is 4.98 Å². The molecule has 2 aromatic carbocycles. The number of hydrogen-bond donors (Lipinski definition) is 2. The minimum absolute atomic E-state index is 0.272. The zero-order valence-electron chi connectivity index (χ0n) is 14.1. The molecule has 2 N–H and O–H groups in total. The van der Waals surface area contributed by atoms with Crippen LogP contribution in [-0.2, 0) is 6.54 Å². The van der Waals surface area contributed by atoms with Gasteiger partial charge in [-0.1, -0.05) is 53.0 Å². The van der Waals surface area contributed by atoms with Crippen molar-refractivity contribution in [2.75, 3.05) is 10.6 Å². The van der Waals surface area contributed by atoms with Gasteiger partial charge in [-0.05, 0) is 42.8 Å². The van der Waals surface area contributed by atoms with Gasteiger partial charge in [-0.15, -0.1) is 0 Å². The molecule has 0 fully saturated rings. The maximum Gasteiger partial charge on any atom is 0.255 e. The van der Waals surface area contributed by atoms with E-state index in [1.807, 2.05) is 6.07 Å². The summed E-state index contributed by atoms with van der Waals surface area (Å²) in [6, 6.07) is 16.7. The average molecular weight is 386 g/mol. The Bertz CT molecular complexity index is 909. The summed E-state index contributed by atoms with van der Waals surface area (Å²) in [4.78, 5) is 16.6. The first-order chi connectivity index (χ1) is 12.5. The number of amides is 1. The minimum atomic E-state index is -0.272. The Balaban J connectivity index is 1.59. The van der Waals surface area contributed by atoms with Crippen LogP contribution in [0.4, 0.5) is 11.5 Å². The van der Waals surface area contributed by atoms with Crippen LogP contribution in [0, 0.1) is 6.92 Å². The van der Waals surface area contributed by atoms with Crippen LogP contribution >= 0.6 is 23.2 Å². The Hall–Kier alpha value is -2.56. The minimum Gasteiger partial charge on any atom is -0.366 e. The maximum atomic E-state index is 12.2. The van der Waals surface area contributed by atoms with Gasteiger partial charge in [0.1, 0.15) is 5.82 Å². The lowest BCUT2D eigenvalue weighted by molar-refractivity contribution is 0.102. The molecule has 0 bridgehead atoms. The van der Waals surface area contributed by atoms with Crippen LogP contribution in [0.1, 0.15) is 21.5 Å².